The van der Waals surface area contributed by atoms with E-state index in [0.29, 0.717) is 26.4 Å². The number of thiophene rings is 1. The van der Waals surface area contributed by atoms with E-state index in [-0.39, 0.29) is 12.0 Å². The highest BCUT2D eigenvalue weighted by Crippen LogP contribution is 2.28. The molecule has 0 aromatic carbocycles. The summed E-state index contributed by atoms with van der Waals surface area (Å²) in [4.78, 5) is 14.4. The van der Waals surface area contributed by atoms with E-state index >= 15 is 0 Å². The van der Waals surface area contributed by atoms with Crippen LogP contribution < -0.4 is 5.32 Å². The Balaban J connectivity index is 1.56. The van der Waals surface area contributed by atoms with Gasteiger partial charge in [0.25, 0.3) is 5.91 Å². The molecule has 3 rings (SSSR count). The summed E-state index contributed by atoms with van der Waals surface area (Å²) >= 11 is 1.66. The van der Waals surface area contributed by atoms with Crippen LogP contribution in [0.4, 0.5) is 0 Å². The van der Waals surface area contributed by atoms with Crippen LogP contribution in [0.3, 0.4) is 0 Å². The van der Waals surface area contributed by atoms with Crippen molar-refractivity contribution in [3.63, 3.8) is 0 Å². The molecule has 1 aliphatic carbocycles. The van der Waals surface area contributed by atoms with Gasteiger partial charge in [0, 0.05) is 11.4 Å². The highest BCUT2D eigenvalue weighted by atomic mass is 32.1. The van der Waals surface area contributed by atoms with Gasteiger partial charge >= 0.3 is 0 Å². The molecule has 1 amide bonds. The Kier molecular flexibility index (Phi) is 4.70. The quantitative estimate of drug-likeness (QED) is 0.869. The van der Waals surface area contributed by atoms with Gasteiger partial charge in [0.05, 0.1) is 30.8 Å². The predicted molar refractivity (Wildman–Crippen MR) is 78.5 cm³/mol. The fourth-order valence-electron chi connectivity index (χ4n) is 2.73. The van der Waals surface area contributed by atoms with Crippen LogP contribution in [0.15, 0.2) is 6.07 Å². The lowest BCUT2D eigenvalue weighted by Gasteiger charge is -2.22. The first-order valence-electron chi connectivity index (χ1n) is 7.42. The van der Waals surface area contributed by atoms with Gasteiger partial charge in [0.2, 0.25) is 0 Å². The van der Waals surface area contributed by atoms with Crippen LogP contribution in [0.25, 0.3) is 0 Å². The number of rotatable bonds is 3. The molecule has 1 unspecified atom stereocenters. The Labute approximate surface area is 123 Å². The minimum atomic E-state index is -0.00881. The van der Waals surface area contributed by atoms with Crippen LogP contribution in [0.1, 0.15) is 39.4 Å². The molecule has 1 aromatic heterocycles. The lowest BCUT2D eigenvalue weighted by Crippen LogP contribution is -2.39. The highest BCUT2D eigenvalue weighted by molar-refractivity contribution is 7.14. The Bertz CT molecular complexity index is 442. The van der Waals surface area contributed by atoms with Gasteiger partial charge in [-0.2, -0.15) is 0 Å². The van der Waals surface area contributed by atoms with Crippen LogP contribution in [0.2, 0.25) is 0 Å². The molecule has 5 heteroatoms. The number of ether oxygens (including phenoxy) is 2. The zero-order valence-corrected chi connectivity index (χ0v) is 12.5. The first-order valence-corrected chi connectivity index (χ1v) is 8.24. The molecule has 0 bridgehead atoms. The molecule has 2 aliphatic rings. The van der Waals surface area contributed by atoms with Crippen molar-refractivity contribution in [2.24, 2.45) is 0 Å². The van der Waals surface area contributed by atoms with Gasteiger partial charge in [-0.25, -0.2) is 0 Å². The number of nitrogens with one attached hydrogen (secondary N) is 1. The van der Waals surface area contributed by atoms with E-state index in [4.69, 9.17) is 9.47 Å². The van der Waals surface area contributed by atoms with E-state index in [1.54, 1.807) is 11.3 Å². The third-order valence-electron chi connectivity index (χ3n) is 3.85. The van der Waals surface area contributed by atoms with Gasteiger partial charge in [-0.3, -0.25) is 4.79 Å². The smallest absolute Gasteiger partial charge is 0.261 e. The fourth-order valence-corrected chi connectivity index (χ4v) is 3.90. The molecule has 1 saturated heterocycles. The zero-order chi connectivity index (χ0) is 13.8. The van der Waals surface area contributed by atoms with Crippen molar-refractivity contribution in [3.05, 3.63) is 21.4 Å². The number of carbonyl (C=O) groups is 1. The van der Waals surface area contributed by atoms with E-state index in [1.165, 1.54) is 29.7 Å². The number of aryl methyl sites for hydroxylation is 2. The van der Waals surface area contributed by atoms with Crippen molar-refractivity contribution < 1.29 is 14.3 Å². The highest BCUT2D eigenvalue weighted by Gasteiger charge is 2.19. The standard InChI is InChI=1S/C15H21NO3S/c17-15(16-9-12-10-18-6-7-19-12)14-8-11-4-2-1-3-5-13(11)20-14/h8,12H,1-7,9-10H2,(H,16,17). The number of amides is 1. The summed E-state index contributed by atoms with van der Waals surface area (Å²) in [5, 5.41) is 2.96. The maximum Gasteiger partial charge on any atom is 0.261 e. The van der Waals surface area contributed by atoms with Gasteiger partial charge in [-0.1, -0.05) is 6.42 Å². The van der Waals surface area contributed by atoms with Gasteiger partial charge < -0.3 is 14.8 Å². The topological polar surface area (TPSA) is 47.6 Å². The summed E-state index contributed by atoms with van der Waals surface area (Å²) in [6.07, 6.45) is 6.05. The lowest BCUT2D eigenvalue weighted by molar-refractivity contribution is -0.0855. The second-order valence-electron chi connectivity index (χ2n) is 5.40. The normalized spacial score (nSPS) is 22.9. The molecular weight excluding hydrogens is 274 g/mol. The van der Waals surface area contributed by atoms with E-state index in [1.807, 2.05) is 0 Å². The fraction of sp³-hybridized carbons (Fsp3) is 0.667. The van der Waals surface area contributed by atoms with Gasteiger partial charge in [-0.15, -0.1) is 11.3 Å². The Morgan fingerprint density at radius 1 is 1.30 bits per heavy atom. The number of carbonyl (C=O) groups excluding carboxylic acids is 1. The van der Waals surface area contributed by atoms with Crippen molar-refractivity contribution in [1.29, 1.82) is 0 Å². The third kappa shape index (κ3) is 3.40. The van der Waals surface area contributed by atoms with Gasteiger partial charge in [0.1, 0.15) is 0 Å². The molecule has 1 atom stereocenters. The monoisotopic (exact) mass is 295 g/mol. The maximum absolute atomic E-state index is 12.2. The average molecular weight is 295 g/mol. The summed E-state index contributed by atoms with van der Waals surface area (Å²) in [5.74, 6) is 0.0252. The molecule has 0 saturated carbocycles. The minimum Gasteiger partial charge on any atom is -0.376 e. The van der Waals surface area contributed by atoms with Crippen LogP contribution in [-0.2, 0) is 22.3 Å². The van der Waals surface area contributed by atoms with Gasteiger partial charge in [0.15, 0.2) is 0 Å². The summed E-state index contributed by atoms with van der Waals surface area (Å²) in [6, 6.07) is 2.08. The largest absolute Gasteiger partial charge is 0.376 e. The average Bonchev–Trinajstić information content (AvgIpc) is 2.77. The van der Waals surface area contributed by atoms with Crippen molar-refractivity contribution in [3.8, 4) is 0 Å². The third-order valence-corrected chi connectivity index (χ3v) is 5.08. The van der Waals surface area contributed by atoms with Crippen molar-refractivity contribution in [1.82, 2.24) is 5.32 Å². The minimum absolute atomic E-state index is 0.00881. The van der Waals surface area contributed by atoms with E-state index in [2.05, 4.69) is 11.4 Å². The number of hydrogen-bond acceptors (Lipinski definition) is 4. The van der Waals surface area contributed by atoms with E-state index in [9.17, 15) is 4.79 Å². The molecule has 110 valence electrons. The second-order valence-corrected chi connectivity index (χ2v) is 6.53. The molecule has 0 radical (unpaired) electrons. The summed E-state index contributed by atoms with van der Waals surface area (Å²) in [7, 11) is 0. The molecule has 1 fully saturated rings. The first kappa shape index (κ1) is 14.0. The summed E-state index contributed by atoms with van der Waals surface area (Å²) in [6.45, 7) is 2.37. The number of fused-ring (bicyclic) bond motifs is 1. The van der Waals surface area contributed by atoms with Crippen molar-refractivity contribution in [2.75, 3.05) is 26.4 Å². The van der Waals surface area contributed by atoms with Crippen LogP contribution in [0, 0.1) is 0 Å². The Hall–Kier alpha value is -0.910. The molecule has 1 N–H and O–H groups in total. The van der Waals surface area contributed by atoms with Crippen LogP contribution in [0.5, 0.6) is 0 Å². The number of hydrogen-bond donors (Lipinski definition) is 1. The molecule has 1 aliphatic heterocycles. The molecule has 20 heavy (non-hydrogen) atoms. The lowest BCUT2D eigenvalue weighted by atomic mass is 10.1. The SMILES string of the molecule is O=C(NCC1COCCO1)c1cc2c(s1)CCCCC2. The first-order chi connectivity index (χ1) is 9.83. The van der Waals surface area contributed by atoms with Crippen molar-refractivity contribution >= 4 is 17.2 Å². The summed E-state index contributed by atoms with van der Waals surface area (Å²) in [5.41, 5.74) is 1.38. The molecule has 4 nitrogen and oxygen atoms in total. The maximum atomic E-state index is 12.2. The Morgan fingerprint density at radius 3 is 3.05 bits per heavy atom. The van der Waals surface area contributed by atoms with Gasteiger partial charge in [-0.05, 0) is 37.3 Å². The van der Waals surface area contributed by atoms with E-state index < -0.39 is 0 Å². The van der Waals surface area contributed by atoms with Crippen LogP contribution in [-0.4, -0.2) is 38.4 Å². The zero-order valence-electron chi connectivity index (χ0n) is 11.7. The van der Waals surface area contributed by atoms with E-state index in [0.717, 1.165) is 17.7 Å². The molecule has 0 spiro atoms. The molecule has 2 heterocycles. The second kappa shape index (κ2) is 6.70. The summed E-state index contributed by atoms with van der Waals surface area (Å²) < 4.78 is 10.9. The molecular formula is C15H21NO3S. The van der Waals surface area contributed by atoms with Crippen LogP contribution >= 0.6 is 11.3 Å². The van der Waals surface area contributed by atoms with Crippen molar-refractivity contribution in [2.45, 2.75) is 38.2 Å². The Morgan fingerprint density at radius 2 is 2.20 bits per heavy atom. The predicted octanol–water partition coefficient (Wildman–Crippen LogP) is 2.16. The molecule has 1 aromatic rings.